The lowest BCUT2D eigenvalue weighted by Crippen LogP contribution is -2.43. The number of nitrogens with one attached hydrogen (secondary N) is 3. The third-order valence-electron chi connectivity index (χ3n) is 4.88. The molecule has 0 unspecified atom stereocenters. The van der Waals surface area contributed by atoms with Gasteiger partial charge in [-0.3, -0.25) is 20.6 Å². The molecule has 2 heterocycles. The van der Waals surface area contributed by atoms with Crippen molar-refractivity contribution in [1.82, 2.24) is 20.8 Å². The Kier molecular flexibility index (Phi) is 7.04. The fourth-order valence-corrected chi connectivity index (χ4v) is 3.45. The van der Waals surface area contributed by atoms with Gasteiger partial charge in [-0.25, -0.2) is 9.78 Å². The molecule has 170 valence electrons. The van der Waals surface area contributed by atoms with E-state index in [-0.39, 0.29) is 11.0 Å². The smallest absolute Gasteiger partial charge is 0.338 e. The third kappa shape index (κ3) is 5.33. The average molecular weight is 472 g/mol. The molecule has 0 radical (unpaired) electrons. The van der Waals surface area contributed by atoms with Gasteiger partial charge in [0, 0.05) is 29.0 Å². The van der Waals surface area contributed by atoms with Crippen LogP contribution in [0.4, 0.5) is 5.69 Å². The predicted molar refractivity (Wildman–Crippen MR) is 134 cm³/mol. The number of hydrazine groups is 1. The number of amides is 1. The van der Waals surface area contributed by atoms with Crippen molar-refractivity contribution in [3.63, 3.8) is 0 Å². The zero-order valence-corrected chi connectivity index (χ0v) is 19.1. The number of nitrogens with zero attached hydrogens (tertiary/aromatic N) is 2. The van der Waals surface area contributed by atoms with Crippen LogP contribution in [0.5, 0.6) is 0 Å². The number of ether oxygens (including phenoxy) is 1. The number of thiocarbonyl (C=S) groups is 1. The molecule has 2 aromatic heterocycles. The summed E-state index contributed by atoms with van der Waals surface area (Å²) in [5, 5.41) is 3.86. The van der Waals surface area contributed by atoms with Gasteiger partial charge >= 0.3 is 5.97 Å². The van der Waals surface area contributed by atoms with E-state index >= 15 is 0 Å². The van der Waals surface area contributed by atoms with Gasteiger partial charge in [-0.05, 0) is 67.7 Å². The van der Waals surface area contributed by atoms with Gasteiger partial charge in [0.05, 0.1) is 28.9 Å². The highest BCUT2D eigenvalue weighted by Crippen LogP contribution is 2.24. The molecule has 0 saturated heterocycles. The Morgan fingerprint density at radius 2 is 1.71 bits per heavy atom. The van der Waals surface area contributed by atoms with Crippen LogP contribution >= 0.6 is 12.2 Å². The van der Waals surface area contributed by atoms with E-state index in [2.05, 4.69) is 26.1 Å². The van der Waals surface area contributed by atoms with E-state index in [4.69, 9.17) is 17.0 Å². The highest BCUT2D eigenvalue weighted by atomic mass is 32.1. The number of carbonyl (C=O) groups is 2. The van der Waals surface area contributed by atoms with Crippen molar-refractivity contribution in [2.75, 3.05) is 11.9 Å². The second kappa shape index (κ2) is 10.5. The maximum absolute atomic E-state index is 13.0. The molecule has 3 N–H and O–H groups in total. The largest absolute Gasteiger partial charge is 0.462 e. The number of esters is 1. The topological polar surface area (TPSA) is 105 Å². The van der Waals surface area contributed by atoms with E-state index in [0.29, 0.717) is 40.0 Å². The quantitative estimate of drug-likeness (QED) is 0.227. The van der Waals surface area contributed by atoms with E-state index in [1.54, 1.807) is 49.6 Å². The highest BCUT2D eigenvalue weighted by Gasteiger charge is 2.14. The minimum atomic E-state index is -0.391. The number of hydrogen-bond donors (Lipinski definition) is 3. The first-order valence-electron chi connectivity index (χ1n) is 10.5. The molecule has 9 heteroatoms. The second-order valence-corrected chi connectivity index (χ2v) is 7.55. The van der Waals surface area contributed by atoms with Gasteiger partial charge in [0.1, 0.15) is 0 Å². The van der Waals surface area contributed by atoms with E-state index in [0.717, 1.165) is 5.56 Å². The summed E-state index contributed by atoms with van der Waals surface area (Å²) >= 11 is 5.28. The number of fused-ring (bicyclic) bond motifs is 1. The van der Waals surface area contributed by atoms with Crippen molar-refractivity contribution in [2.24, 2.45) is 0 Å². The Balaban J connectivity index is 1.46. The fraction of sp³-hybridized carbons (Fsp3) is 0.0800. The van der Waals surface area contributed by atoms with Crippen LogP contribution < -0.4 is 16.2 Å². The zero-order valence-electron chi connectivity index (χ0n) is 18.2. The van der Waals surface area contributed by atoms with Crippen LogP contribution in [0.2, 0.25) is 0 Å². The Bertz CT molecular complexity index is 1340. The van der Waals surface area contributed by atoms with Crippen LogP contribution in [-0.4, -0.2) is 33.6 Å². The summed E-state index contributed by atoms with van der Waals surface area (Å²) in [5.41, 5.74) is 9.09. The van der Waals surface area contributed by atoms with Gasteiger partial charge in [0.25, 0.3) is 5.91 Å². The molecule has 1 amide bonds. The number of benzene rings is 2. The predicted octanol–water partition coefficient (Wildman–Crippen LogP) is 4.10. The normalized spacial score (nSPS) is 10.4. The van der Waals surface area contributed by atoms with Gasteiger partial charge in [-0.15, -0.1) is 0 Å². The molecule has 2 aromatic carbocycles. The molecule has 0 spiro atoms. The molecular formula is C25H21N5O3S. The van der Waals surface area contributed by atoms with Gasteiger partial charge in [0.2, 0.25) is 0 Å². The number of para-hydroxylation sites is 1. The second-order valence-electron chi connectivity index (χ2n) is 7.14. The molecule has 0 atom stereocenters. The maximum Gasteiger partial charge on any atom is 0.338 e. The number of hydrogen-bond acceptors (Lipinski definition) is 6. The highest BCUT2D eigenvalue weighted by molar-refractivity contribution is 7.80. The van der Waals surface area contributed by atoms with Crippen molar-refractivity contribution in [3.05, 3.63) is 90.3 Å². The Hall–Kier alpha value is -4.37. The molecule has 0 aliphatic carbocycles. The van der Waals surface area contributed by atoms with Crippen molar-refractivity contribution >= 4 is 45.8 Å². The van der Waals surface area contributed by atoms with Crippen molar-refractivity contribution in [1.29, 1.82) is 0 Å². The van der Waals surface area contributed by atoms with Crippen LogP contribution in [0.25, 0.3) is 22.2 Å². The summed E-state index contributed by atoms with van der Waals surface area (Å²) in [6, 6.07) is 19.5. The van der Waals surface area contributed by atoms with Crippen molar-refractivity contribution in [2.45, 2.75) is 6.92 Å². The molecule has 0 fully saturated rings. The van der Waals surface area contributed by atoms with Crippen LogP contribution in [-0.2, 0) is 4.74 Å². The molecule has 0 saturated carbocycles. The molecule has 8 nitrogen and oxygen atoms in total. The molecule has 4 rings (SSSR count). The average Bonchev–Trinajstić information content (AvgIpc) is 2.87. The molecule has 34 heavy (non-hydrogen) atoms. The monoisotopic (exact) mass is 471 g/mol. The van der Waals surface area contributed by atoms with E-state index in [1.807, 2.05) is 36.4 Å². The summed E-state index contributed by atoms with van der Waals surface area (Å²) in [6.45, 7) is 2.06. The minimum Gasteiger partial charge on any atom is -0.462 e. The maximum atomic E-state index is 13.0. The molecule has 0 aliphatic rings. The summed E-state index contributed by atoms with van der Waals surface area (Å²) in [5.74, 6) is -0.756. The van der Waals surface area contributed by atoms with Gasteiger partial charge < -0.3 is 10.1 Å². The van der Waals surface area contributed by atoms with E-state index < -0.39 is 5.97 Å². The van der Waals surface area contributed by atoms with Gasteiger partial charge in [0.15, 0.2) is 5.11 Å². The number of pyridine rings is 2. The molecule has 0 bridgehead atoms. The first-order chi connectivity index (χ1) is 16.5. The van der Waals surface area contributed by atoms with Crippen LogP contribution in [0, 0.1) is 0 Å². The number of aromatic nitrogens is 2. The van der Waals surface area contributed by atoms with Crippen LogP contribution in [0.3, 0.4) is 0 Å². The van der Waals surface area contributed by atoms with Crippen LogP contribution in [0.1, 0.15) is 27.6 Å². The van der Waals surface area contributed by atoms with E-state index in [1.165, 1.54) is 0 Å². The summed E-state index contributed by atoms with van der Waals surface area (Å²) < 4.78 is 4.97. The molecular weight excluding hydrogens is 450 g/mol. The lowest BCUT2D eigenvalue weighted by Gasteiger charge is -2.14. The summed E-state index contributed by atoms with van der Waals surface area (Å²) in [7, 11) is 0. The number of rotatable bonds is 5. The Morgan fingerprint density at radius 3 is 2.44 bits per heavy atom. The standard InChI is InChI=1S/C25H21N5O3S/c1-2-33-24(32)17-7-9-18(10-8-17)27-25(34)30-29-23(31)20-15-22(16-11-13-26-14-12-16)28-21-6-4-3-5-19(20)21/h3-15H,2H2,1H3,(H,29,31)(H2,27,30,34). The summed E-state index contributed by atoms with van der Waals surface area (Å²) in [4.78, 5) is 33.5. The summed E-state index contributed by atoms with van der Waals surface area (Å²) in [6.07, 6.45) is 3.35. The SMILES string of the molecule is CCOC(=O)c1ccc(NC(=S)NNC(=O)c2cc(-c3ccncc3)nc3ccccc23)cc1. The van der Waals surface area contributed by atoms with Crippen LogP contribution in [0.15, 0.2) is 79.1 Å². The minimum absolute atomic E-state index is 0.185. The van der Waals surface area contributed by atoms with Crippen molar-refractivity contribution in [3.8, 4) is 11.3 Å². The zero-order chi connectivity index (χ0) is 23.9. The van der Waals surface area contributed by atoms with Gasteiger partial charge in [-0.1, -0.05) is 18.2 Å². The van der Waals surface area contributed by atoms with Crippen molar-refractivity contribution < 1.29 is 14.3 Å². The molecule has 0 aliphatic heterocycles. The Morgan fingerprint density at radius 1 is 0.971 bits per heavy atom. The Labute approximate surface area is 201 Å². The lowest BCUT2D eigenvalue weighted by molar-refractivity contribution is 0.0526. The van der Waals surface area contributed by atoms with E-state index in [9.17, 15) is 9.59 Å². The third-order valence-corrected chi connectivity index (χ3v) is 5.08. The first-order valence-corrected chi connectivity index (χ1v) is 10.9. The first kappa shape index (κ1) is 22.8. The number of anilines is 1. The number of carbonyl (C=O) groups excluding carboxylic acids is 2. The van der Waals surface area contributed by atoms with Gasteiger partial charge in [-0.2, -0.15) is 0 Å². The lowest BCUT2D eigenvalue weighted by atomic mass is 10.0. The molecule has 4 aromatic rings. The fourth-order valence-electron chi connectivity index (χ4n) is 3.28.